The number of nitrogens with one attached hydrogen (secondary N) is 1. The highest BCUT2D eigenvalue weighted by molar-refractivity contribution is 5.84. The van der Waals surface area contributed by atoms with Crippen LogP contribution in [0.25, 0.3) is 0 Å². The maximum Gasteiger partial charge on any atom is 0.419 e. The number of carbonyl (C=O) groups is 2. The van der Waals surface area contributed by atoms with Gasteiger partial charge in [0.2, 0.25) is 5.91 Å². The second kappa shape index (κ2) is 7.91. The number of benzene rings is 1. The summed E-state index contributed by atoms with van der Waals surface area (Å²) in [6, 6.07) is 4.99. The van der Waals surface area contributed by atoms with Crippen LogP contribution in [0.3, 0.4) is 0 Å². The van der Waals surface area contributed by atoms with E-state index >= 15 is 0 Å². The number of amides is 2. The number of rotatable bonds is 5. The topological polar surface area (TPSA) is 67.9 Å². The molecule has 2 amide bonds. The molecule has 0 bridgehead atoms. The molecule has 0 unspecified atom stereocenters. The summed E-state index contributed by atoms with van der Waals surface area (Å²) in [6.45, 7) is 9.62. The van der Waals surface area contributed by atoms with E-state index in [1.807, 2.05) is 0 Å². The summed E-state index contributed by atoms with van der Waals surface area (Å²) >= 11 is 0. The molecule has 1 aromatic carbocycles. The van der Waals surface area contributed by atoms with E-state index in [0.717, 1.165) is 6.07 Å². The van der Waals surface area contributed by atoms with E-state index in [0.29, 0.717) is 13.1 Å². The van der Waals surface area contributed by atoms with Gasteiger partial charge in [-0.1, -0.05) is 12.1 Å². The molecule has 0 spiro atoms. The first-order chi connectivity index (χ1) is 14.2. The Morgan fingerprint density at radius 3 is 2.19 bits per heavy atom. The van der Waals surface area contributed by atoms with Crippen molar-refractivity contribution in [1.29, 1.82) is 0 Å². The van der Waals surface area contributed by atoms with Gasteiger partial charge in [-0.2, -0.15) is 13.2 Å². The molecule has 1 saturated carbocycles. The standard InChI is InChI=1S/C22H29F3N2O4/c1-20(2,3)31-19(29)27-10-13-14(11-27)17(13)18(28)26-21(4,5)12-30-16-9-7-6-8-15(16)22(23,24)25/h6-9,13-14,17H,10-12H2,1-5H3,(H,26,28)/t13-,14+,17+. The third-order valence-electron chi connectivity index (χ3n) is 5.39. The lowest BCUT2D eigenvalue weighted by Crippen LogP contribution is -2.49. The Balaban J connectivity index is 1.51. The van der Waals surface area contributed by atoms with Crippen molar-refractivity contribution < 1.29 is 32.2 Å². The molecule has 31 heavy (non-hydrogen) atoms. The van der Waals surface area contributed by atoms with Crippen molar-refractivity contribution in [3.8, 4) is 5.75 Å². The number of piperidine rings is 1. The minimum absolute atomic E-state index is 0.0789. The molecule has 6 nitrogen and oxygen atoms in total. The highest BCUT2D eigenvalue weighted by Gasteiger charge is 2.61. The fraction of sp³-hybridized carbons (Fsp3) is 0.636. The number of alkyl halides is 3. The predicted molar refractivity (Wildman–Crippen MR) is 107 cm³/mol. The average Bonchev–Trinajstić information content (AvgIpc) is 3.12. The van der Waals surface area contributed by atoms with Gasteiger partial charge in [0.1, 0.15) is 18.0 Å². The summed E-state index contributed by atoms with van der Waals surface area (Å²) in [5.41, 5.74) is -2.29. The number of halogens is 3. The van der Waals surface area contributed by atoms with Gasteiger partial charge in [-0.15, -0.1) is 0 Å². The summed E-state index contributed by atoms with van der Waals surface area (Å²) in [5, 5.41) is 2.88. The van der Waals surface area contributed by atoms with Gasteiger partial charge in [0, 0.05) is 19.0 Å². The van der Waals surface area contributed by atoms with Crippen molar-refractivity contribution >= 4 is 12.0 Å². The lowest BCUT2D eigenvalue weighted by atomic mass is 10.1. The van der Waals surface area contributed by atoms with Crippen LogP contribution in [-0.4, -0.2) is 47.7 Å². The van der Waals surface area contributed by atoms with E-state index < -0.39 is 22.9 Å². The number of ether oxygens (including phenoxy) is 2. The minimum Gasteiger partial charge on any atom is -0.491 e. The molecule has 1 aliphatic carbocycles. The Hall–Kier alpha value is -2.45. The number of nitrogens with zero attached hydrogens (tertiary/aromatic N) is 1. The lowest BCUT2D eigenvalue weighted by Gasteiger charge is -2.28. The van der Waals surface area contributed by atoms with Crippen molar-refractivity contribution in [2.75, 3.05) is 19.7 Å². The summed E-state index contributed by atoms with van der Waals surface area (Å²) in [5.74, 6) is -0.490. The number of likely N-dealkylation sites (tertiary alicyclic amines) is 1. The van der Waals surface area contributed by atoms with Crippen LogP contribution in [0.4, 0.5) is 18.0 Å². The maximum atomic E-state index is 13.1. The maximum absolute atomic E-state index is 13.1. The smallest absolute Gasteiger partial charge is 0.419 e. The SMILES string of the molecule is CC(C)(COc1ccccc1C(F)(F)F)NC(=O)[C@H]1[C@@H]2CN(C(=O)OC(C)(C)C)C[C@@H]21. The molecule has 2 aliphatic rings. The third-order valence-corrected chi connectivity index (χ3v) is 5.39. The molecule has 1 heterocycles. The molecule has 1 saturated heterocycles. The first-order valence-electron chi connectivity index (χ1n) is 10.3. The Morgan fingerprint density at radius 1 is 1.06 bits per heavy atom. The second-order valence-corrected chi connectivity index (χ2v) is 9.89. The molecule has 0 aromatic heterocycles. The zero-order valence-corrected chi connectivity index (χ0v) is 18.4. The van der Waals surface area contributed by atoms with Crippen LogP contribution in [0.2, 0.25) is 0 Å². The summed E-state index contributed by atoms with van der Waals surface area (Å²) in [4.78, 5) is 26.5. The van der Waals surface area contributed by atoms with Crippen molar-refractivity contribution in [3.63, 3.8) is 0 Å². The van der Waals surface area contributed by atoms with Crippen LogP contribution in [0.15, 0.2) is 24.3 Å². The molecule has 2 fully saturated rings. The van der Waals surface area contributed by atoms with Crippen molar-refractivity contribution in [1.82, 2.24) is 10.2 Å². The summed E-state index contributed by atoms with van der Waals surface area (Å²) in [7, 11) is 0. The Morgan fingerprint density at radius 2 is 1.65 bits per heavy atom. The zero-order valence-electron chi connectivity index (χ0n) is 18.4. The van der Waals surface area contributed by atoms with Crippen LogP contribution in [0.5, 0.6) is 5.75 Å². The number of carbonyl (C=O) groups excluding carboxylic acids is 2. The Labute approximate surface area is 180 Å². The fourth-order valence-electron chi connectivity index (χ4n) is 3.93. The van der Waals surface area contributed by atoms with Crippen molar-refractivity contribution in [3.05, 3.63) is 29.8 Å². The van der Waals surface area contributed by atoms with E-state index in [4.69, 9.17) is 9.47 Å². The van der Waals surface area contributed by atoms with Crippen LogP contribution in [0.1, 0.15) is 40.2 Å². The van der Waals surface area contributed by atoms with E-state index in [1.54, 1.807) is 39.5 Å². The van der Waals surface area contributed by atoms with Crippen LogP contribution in [0, 0.1) is 17.8 Å². The van der Waals surface area contributed by atoms with Gasteiger partial charge in [0.05, 0.1) is 11.1 Å². The largest absolute Gasteiger partial charge is 0.491 e. The molecule has 1 N–H and O–H groups in total. The second-order valence-electron chi connectivity index (χ2n) is 9.89. The summed E-state index contributed by atoms with van der Waals surface area (Å²) < 4.78 is 50.1. The predicted octanol–water partition coefficient (Wildman–Crippen LogP) is 4.09. The van der Waals surface area contributed by atoms with Gasteiger partial charge in [-0.25, -0.2) is 4.79 Å². The molecule has 0 radical (unpaired) electrons. The number of hydrogen-bond donors (Lipinski definition) is 1. The van der Waals surface area contributed by atoms with Gasteiger partial charge in [0.15, 0.2) is 0 Å². The van der Waals surface area contributed by atoms with Crippen molar-refractivity contribution in [2.24, 2.45) is 17.8 Å². The highest BCUT2D eigenvalue weighted by atomic mass is 19.4. The molecule has 172 valence electrons. The van der Waals surface area contributed by atoms with E-state index in [-0.39, 0.29) is 42.1 Å². The fourth-order valence-corrected chi connectivity index (χ4v) is 3.93. The Bertz CT molecular complexity index is 836. The first-order valence-corrected chi connectivity index (χ1v) is 10.3. The van der Waals surface area contributed by atoms with Gasteiger partial charge < -0.3 is 19.7 Å². The van der Waals surface area contributed by atoms with Gasteiger partial charge >= 0.3 is 12.3 Å². The van der Waals surface area contributed by atoms with E-state index in [9.17, 15) is 22.8 Å². The summed E-state index contributed by atoms with van der Waals surface area (Å²) in [6.07, 6.45) is -4.90. The zero-order chi connectivity index (χ0) is 23.2. The van der Waals surface area contributed by atoms with E-state index in [2.05, 4.69) is 5.32 Å². The highest BCUT2D eigenvalue weighted by Crippen LogP contribution is 2.52. The van der Waals surface area contributed by atoms with Gasteiger partial charge in [-0.3, -0.25) is 4.79 Å². The number of para-hydroxylation sites is 1. The van der Waals surface area contributed by atoms with Gasteiger partial charge in [0.25, 0.3) is 0 Å². The van der Waals surface area contributed by atoms with Crippen LogP contribution in [-0.2, 0) is 15.7 Å². The van der Waals surface area contributed by atoms with E-state index in [1.165, 1.54) is 18.2 Å². The molecule has 3 rings (SSSR count). The van der Waals surface area contributed by atoms with Crippen LogP contribution >= 0.6 is 0 Å². The first kappa shape index (κ1) is 23.2. The average molecular weight is 442 g/mol. The molecular weight excluding hydrogens is 413 g/mol. The van der Waals surface area contributed by atoms with Crippen molar-refractivity contribution in [2.45, 2.75) is 51.9 Å². The third kappa shape index (κ3) is 5.62. The molecule has 3 atom stereocenters. The molecule has 1 aromatic rings. The Kier molecular flexibility index (Phi) is 5.92. The minimum atomic E-state index is -4.52. The monoisotopic (exact) mass is 442 g/mol. The van der Waals surface area contributed by atoms with Crippen LogP contribution < -0.4 is 10.1 Å². The number of hydrogen-bond acceptors (Lipinski definition) is 4. The normalized spacial score (nSPS) is 23.2. The number of fused-ring (bicyclic) bond motifs is 1. The molecule has 9 heteroatoms. The van der Waals surface area contributed by atoms with Gasteiger partial charge in [-0.05, 0) is 58.6 Å². The lowest BCUT2D eigenvalue weighted by molar-refractivity contribution is -0.139. The quantitative estimate of drug-likeness (QED) is 0.746. The molecule has 1 aliphatic heterocycles. The molecular formula is C22H29F3N2O4.